The molecule has 2 aromatic carbocycles. The lowest BCUT2D eigenvalue weighted by molar-refractivity contribution is -0.308. The van der Waals surface area contributed by atoms with E-state index in [1.54, 1.807) is 6.08 Å². The molecule has 5 atom stereocenters. The number of amides is 1. The predicted octanol–water partition coefficient (Wildman–Crippen LogP) is 3.36. The number of aromatic nitrogens is 1. The van der Waals surface area contributed by atoms with E-state index >= 15 is 4.39 Å². The van der Waals surface area contributed by atoms with E-state index in [0.717, 1.165) is 50.4 Å². The molecule has 4 rings (SSSR count). The Balaban J connectivity index is 1.29. The van der Waals surface area contributed by atoms with Crippen molar-refractivity contribution >= 4 is 40.8 Å². The van der Waals surface area contributed by atoms with Crippen LogP contribution >= 0.6 is 0 Å². The van der Waals surface area contributed by atoms with Gasteiger partial charge in [0.25, 0.3) is 5.91 Å². The average molecular weight is 640 g/mol. The summed E-state index contributed by atoms with van der Waals surface area (Å²) in [5.41, 5.74) is 7.58. The summed E-state index contributed by atoms with van der Waals surface area (Å²) < 4.78 is 35.7. The minimum Gasteiger partial charge on any atom is -0.463 e. The van der Waals surface area contributed by atoms with Gasteiger partial charge in [-0.05, 0) is 48.7 Å². The highest BCUT2D eigenvalue weighted by atomic mass is 19.1. The molecule has 1 aliphatic rings. The van der Waals surface area contributed by atoms with Gasteiger partial charge in [-0.15, -0.1) is 0 Å². The maximum absolute atomic E-state index is 15.2. The lowest BCUT2D eigenvalue weighted by atomic mass is 10.00. The first-order valence-electron chi connectivity index (χ1n) is 14.8. The van der Waals surface area contributed by atoms with Gasteiger partial charge in [0, 0.05) is 50.0 Å². The molecule has 0 aliphatic carbocycles. The summed E-state index contributed by atoms with van der Waals surface area (Å²) in [5, 5.41) is 4.71. The number of ether oxygens (including phenoxy) is 4. The van der Waals surface area contributed by atoms with Crippen LogP contribution in [0.5, 0.6) is 0 Å². The number of esters is 3. The van der Waals surface area contributed by atoms with Gasteiger partial charge < -0.3 is 29.2 Å². The molecule has 46 heavy (non-hydrogen) atoms. The van der Waals surface area contributed by atoms with E-state index in [1.165, 1.54) is 22.7 Å². The first-order chi connectivity index (χ1) is 22.0. The van der Waals surface area contributed by atoms with E-state index in [4.69, 9.17) is 23.8 Å². The molecule has 12 nitrogen and oxygen atoms in total. The summed E-state index contributed by atoms with van der Waals surface area (Å²) in [6.07, 6.45) is -4.63. The third kappa shape index (κ3) is 9.46. The molecule has 1 aliphatic heterocycles. The Morgan fingerprint density at radius 1 is 0.957 bits per heavy atom. The zero-order valence-corrected chi connectivity index (χ0v) is 26.0. The molecule has 1 aromatic heterocycles. The van der Waals surface area contributed by atoms with Crippen LogP contribution < -0.4 is 10.8 Å². The van der Waals surface area contributed by atoms with Gasteiger partial charge in [0.15, 0.2) is 18.4 Å². The fourth-order valence-corrected chi connectivity index (χ4v) is 5.11. The van der Waals surface area contributed by atoms with Crippen LogP contribution in [-0.4, -0.2) is 72.7 Å². The van der Waals surface area contributed by atoms with Gasteiger partial charge in [-0.2, -0.15) is 0 Å². The third-order valence-electron chi connectivity index (χ3n) is 7.22. The summed E-state index contributed by atoms with van der Waals surface area (Å²) in [6, 6.07) is 15.9. The molecule has 0 radical (unpaired) electrons. The standard InChI is InChI=1S/C33H38FN3O9/c1-19-25(26-7-5-6-8-27(26)36-19)15-16-35-17-24-11-9-23(10-12-24)13-14-29(41)37-46-33-32(44-22(4)40)31(43-21(3)39)30(34)28(45-33)18-42-20(2)38/h5-14,28,30-33,35-36H,15-18H2,1-4H3,(H,37,41)/b14-13+/t28-,30+,31+,32-,33+/m1/s1. The lowest BCUT2D eigenvalue weighted by Crippen LogP contribution is -2.61. The van der Waals surface area contributed by atoms with Crippen molar-refractivity contribution in [3.05, 3.63) is 77.0 Å². The molecule has 1 amide bonds. The predicted molar refractivity (Wildman–Crippen MR) is 164 cm³/mol. The number of benzene rings is 2. The number of carbonyl (C=O) groups is 4. The molecular formula is C33H38FN3O9. The summed E-state index contributed by atoms with van der Waals surface area (Å²) in [7, 11) is 0. The van der Waals surface area contributed by atoms with Gasteiger partial charge in [0.2, 0.25) is 6.29 Å². The maximum Gasteiger partial charge on any atom is 0.303 e. The van der Waals surface area contributed by atoms with Crippen LogP contribution in [0.25, 0.3) is 17.0 Å². The minimum atomic E-state index is -2.04. The normalized spacial score (nSPS) is 21.2. The topological polar surface area (TPSA) is 154 Å². The largest absolute Gasteiger partial charge is 0.463 e. The van der Waals surface area contributed by atoms with Gasteiger partial charge in [-0.25, -0.2) is 14.7 Å². The SMILES string of the molecule is CC(=O)OC[C@H]1O[C@@H](ONC(=O)/C=C/c2ccc(CNCCc3c(C)[nH]c4ccccc34)cc2)[C@H](OC(C)=O)[C@@H](OC(C)=O)[C@H]1F. The fourth-order valence-electron chi connectivity index (χ4n) is 5.11. The number of H-pyrrole nitrogens is 1. The number of fused-ring (bicyclic) bond motifs is 1. The lowest BCUT2D eigenvalue weighted by Gasteiger charge is -2.41. The quantitative estimate of drug-likeness (QED) is 0.0834. The maximum atomic E-state index is 15.2. The van der Waals surface area contributed by atoms with Gasteiger partial charge in [-0.3, -0.25) is 19.2 Å². The molecule has 13 heteroatoms. The van der Waals surface area contributed by atoms with Crippen LogP contribution in [-0.2, 0) is 55.9 Å². The van der Waals surface area contributed by atoms with Crippen molar-refractivity contribution in [1.82, 2.24) is 15.8 Å². The average Bonchev–Trinajstić information content (AvgIpc) is 3.33. The van der Waals surface area contributed by atoms with E-state index in [2.05, 4.69) is 34.8 Å². The Morgan fingerprint density at radius 2 is 1.65 bits per heavy atom. The van der Waals surface area contributed by atoms with Crippen molar-refractivity contribution in [1.29, 1.82) is 0 Å². The van der Waals surface area contributed by atoms with Crippen molar-refractivity contribution in [2.24, 2.45) is 0 Å². The summed E-state index contributed by atoms with van der Waals surface area (Å²) in [6.45, 7) is 6.28. The first-order valence-corrected chi connectivity index (χ1v) is 14.8. The van der Waals surface area contributed by atoms with Crippen LogP contribution in [0, 0.1) is 6.92 Å². The number of hydrogen-bond acceptors (Lipinski definition) is 10. The van der Waals surface area contributed by atoms with E-state index in [1.807, 2.05) is 36.4 Å². The van der Waals surface area contributed by atoms with Crippen LogP contribution in [0.3, 0.4) is 0 Å². The molecule has 0 saturated carbocycles. The smallest absolute Gasteiger partial charge is 0.303 e. The number of rotatable bonds is 13. The molecule has 3 N–H and O–H groups in total. The molecule has 3 aromatic rings. The van der Waals surface area contributed by atoms with E-state index in [0.29, 0.717) is 6.54 Å². The summed E-state index contributed by atoms with van der Waals surface area (Å²) >= 11 is 0. The number of halogens is 1. The van der Waals surface area contributed by atoms with Crippen LogP contribution in [0.1, 0.15) is 43.2 Å². The monoisotopic (exact) mass is 639 g/mol. The summed E-state index contributed by atoms with van der Waals surface area (Å²) in [4.78, 5) is 55.9. The van der Waals surface area contributed by atoms with Crippen molar-refractivity contribution < 1.29 is 47.4 Å². The van der Waals surface area contributed by atoms with Gasteiger partial charge in [-0.1, -0.05) is 42.5 Å². The minimum absolute atomic E-state index is 0.538. The molecule has 1 saturated heterocycles. The van der Waals surface area contributed by atoms with E-state index < -0.39 is 61.2 Å². The van der Waals surface area contributed by atoms with E-state index in [9.17, 15) is 19.2 Å². The second-order valence-electron chi connectivity index (χ2n) is 10.8. The van der Waals surface area contributed by atoms with E-state index in [-0.39, 0.29) is 0 Å². The highest BCUT2D eigenvalue weighted by Crippen LogP contribution is 2.29. The highest BCUT2D eigenvalue weighted by molar-refractivity contribution is 5.91. The van der Waals surface area contributed by atoms with Crippen LogP contribution in [0.2, 0.25) is 0 Å². The Morgan fingerprint density at radius 3 is 2.35 bits per heavy atom. The number of nitrogens with one attached hydrogen (secondary N) is 3. The highest BCUT2D eigenvalue weighted by Gasteiger charge is 2.52. The van der Waals surface area contributed by atoms with Gasteiger partial charge in [0.1, 0.15) is 12.7 Å². The molecular weight excluding hydrogens is 601 g/mol. The fraction of sp³-hybridized carbons (Fsp3) is 0.394. The number of carbonyl (C=O) groups excluding carboxylic acids is 4. The number of aromatic amines is 1. The molecule has 1 fully saturated rings. The zero-order chi connectivity index (χ0) is 33.2. The van der Waals surface area contributed by atoms with Crippen LogP contribution in [0.4, 0.5) is 4.39 Å². The van der Waals surface area contributed by atoms with Crippen molar-refractivity contribution in [2.45, 2.75) is 71.4 Å². The second kappa shape index (κ2) is 16.1. The number of hydrogen-bond donors (Lipinski definition) is 3. The number of para-hydroxylation sites is 1. The summed E-state index contributed by atoms with van der Waals surface area (Å²) in [5.74, 6) is -3.09. The molecule has 0 unspecified atom stereocenters. The van der Waals surface area contributed by atoms with Crippen molar-refractivity contribution in [3.8, 4) is 0 Å². The Kier molecular flexibility index (Phi) is 12.0. The first kappa shape index (κ1) is 34.3. The number of hydroxylamine groups is 1. The molecule has 2 heterocycles. The third-order valence-corrected chi connectivity index (χ3v) is 7.22. The molecule has 0 spiro atoms. The van der Waals surface area contributed by atoms with Gasteiger partial charge in [0.05, 0.1) is 0 Å². The number of alkyl halides is 1. The van der Waals surface area contributed by atoms with Crippen molar-refractivity contribution in [2.75, 3.05) is 13.2 Å². The molecule has 246 valence electrons. The van der Waals surface area contributed by atoms with Crippen molar-refractivity contribution in [3.63, 3.8) is 0 Å². The Bertz CT molecular complexity index is 1560. The Hall–Kier alpha value is -4.59. The Labute approximate surface area is 265 Å². The second-order valence-corrected chi connectivity index (χ2v) is 10.8. The van der Waals surface area contributed by atoms with Crippen LogP contribution in [0.15, 0.2) is 54.6 Å². The molecule has 0 bridgehead atoms. The zero-order valence-electron chi connectivity index (χ0n) is 26.0. The number of aryl methyl sites for hydroxylation is 1. The van der Waals surface area contributed by atoms with Gasteiger partial charge >= 0.3 is 17.9 Å².